The molecule has 0 bridgehead atoms. The quantitative estimate of drug-likeness (QED) is 0.744. The molecule has 0 spiro atoms. The van der Waals surface area contributed by atoms with E-state index in [2.05, 4.69) is 0 Å². The molecule has 1 aliphatic rings. The third kappa shape index (κ3) is 2.95. The van der Waals surface area contributed by atoms with E-state index in [1.54, 1.807) is 4.90 Å². The Labute approximate surface area is 96.9 Å². The second kappa shape index (κ2) is 5.14. The number of carbonyl (C=O) groups is 1. The van der Waals surface area contributed by atoms with E-state index < -0.39 is 15.9 Å². The summed E-state index contributed by atoms with van der Waals surface area (Å²) >= 11 is 0. The van der Waals surface area contributed by atoms with Crippen molar-refractivity contribution < 1.29 is 13.2 Å². The molecule has 2 N–H and O–H groups in total. The number of nitrogens with zero attached hydrogens (tertiary/aromatic N) is 1. The van der Waals surface area contributed by atoms with Crippen molar-refractivity contribution in [1.82, 2.24) is 4.90 Å². The molecule has 0 aromatic rings. The van der Waals surface area contributed by atoms with Gasteiger partial charge in [-0.05, 0) is 19.8 Å². The molecule has 0 radical (unpaired) electrons. The van der Waals surface area contributed by atoms with Crippen molar-refractivity contribution in [3.05, 3.63) is 0 Å². The second-order valence-electron chi connectivity index (χ2n) is 4.20. The lowest BCUT2D eigenvalue weighted by Gasteiger charge is -2.29. The van der Waals surface area contributed by atoms with Gasteiger partial charge in [0, 0.05) is 12.6 Å². The summed E-state index contributed by atoms with van der Waals surface area (Å²) in [4.78, 5) is 13.5. The van der Waals surface area contributed by atoms with Gasteiger partial charge in [-0.1, -0.05) is 6.92 Å². The third-order valence-corrected chi connectivity index (χ3v) is 4.78. The number of hydrogen-bond donors (Lipinski definition) is 1. The Balaban J connectivity index is 2.73. The fraction of sp³-hybridized carbons (Fsp3) is 0.900. The highest BCUT2D eigenvalue weighted by atomic mass is 32.2. The van der Waals surface area contributed by atoms with E-state index in [9.17, 15) is 13.2 Å². The predicted octanol–water partition coefficient (Wildman–Crippen LogP) is -0.241. The summed E-state index contributed by atoms with van der Waals surface area (Å²) in [6.45, 7) is 4.22. The van der Waals surface area contributed by atoms with Crippen molar-refractivity contribution in [3.63, 3.8) is 0 Å². The van der Waals surface area contributed by atoms with Gasteiger partial charge < -0.3 is 10.6 Å². The molecule has 1 aliphatic heterocycles. The fourth-order valence-corrected chi connectivity index (χ4v) is 3.73. The van der Waals surface area contributed by atoms with Gasteiger partial charge in [-0.15, -0.1) is 0 Å². The van der Waals surface area contributed by atoms with Crippen LogP contribution in [0.25, 0.3) is 0 Å². The van der Waals surface area contributed by atoms with Gasteiger partial charge in [-0.25, -0.2) is 8.42 Å². The monoisotopic (exact) mass is 248 g/mol. The highest BCUT2D eigenvalue weighted by molar-refractivity contribution is 7.91. The van der Waals surface area contributed by atoms with E-state index in [1.165, 1.54) is 0 Å². The molecule has 0 aliphatic carbocycles. The predicted molar refractivity (Wildman–Crippen MR) is 62.7 cm³/mol. The van der Waals surface area contributed by atoms with Gasteiger partial charge in [0.15, 0.2) is 9.84 Å². The van der Waals surface area contributed by atoms with Gasteiger partial charge in [-0.2, -0.15) is 0 Å². The molecule has 94 valence electrons. The lowest BCUT2D eigenvalue weighted by atomic mass is 10.1. The summed E-state index contributed by atoms with van der Waals surface area (Å²) in [5, 5.41) is 0. The molecule has 0 aromatic carbocycles. The van der Waals surface area contributed by atoms with Gasteiger partial charge in [0.1, 0.15) is 0 Å². The van der Waals surface area contributed by atoms with Gasteiger partial charge in [-0.3, -0.25) is 4.79 Å². The van der Waals surface area contributed by atoms with Crippen LogP contribution in [0.2, 0.25) is 0 Å². The zero-order valence-corrected chi connectivity index (χ0v) is 10.7. The third-order valence-electron chi connectivity index (χ3n) is 3.03. The summed E-state index contributed by atoms with van der Waals surface area (Å²) in [6.07, 6.45) is 1.12. The van der Waals surface area contributed by atoms with Crippen molar-refractivity contribution in [2.24, 2.45) is 5.73 Å². The van der Waals surface area contributed by atoms with Crippen LogP contribution < -0.4 is 5.73 Å². The number of nitrogens with two attached hydrogens (primary N) is 1. The Morgan fingerprint density at radius 1 is 1.50 bits per heavy atom. The normalized spacial score (nSPS) is 25.3. The van der Waals surface area contributed by atoms with E-state index in [0.717, 1.165) is 0 Å². The maximum Gasteiger partial charge on any atom is 0.239 e. The Morgan fingerprint density at radius 3 is 2.50 bits per heavy atom. The molecule has 1 rings (SSSR count). The van der Waals surface area contributed by atoms with E-state index in [0.29, 0.717) is 19.4 Å². The molecule has 1 heterocycles. The lowest BCUT2D eigenvalue weighted by molar-refractivity contribution is -0.134. The molecule has 16 heavy (non-hydrogen) atoms. The Kier molecular flexibility index (Phi) is 4.32. The van der Waals surface area contributed by atoms with E-state index in [4.69, 9.17) is 5.73 Å². The highest BCUT2D eigenvalue weighted by Crippen LogP contribution is 2.18. The summed E-state index contributed by atoms with van der Waals surface area (Å²) in [5.74, 6) is 0.137. The van der Waals surface area contributed by atoms with Gasteiger partial charge in [0.05, 0.1) is 17.5 Å². The largest absolute Gasteiger partial charge is 0.338 e. The maximum absolute atomic E-state index is 11.9. The molecule has 5 nitrogen and oxygen atoms in total. The minimum Gasteiger partial charge on any atom is -0.338 e. The first-order chi connectivity index (χ1) is 7.41. The van der Waals surface area contributed by atoms with Crippen molar-refractivity contribution in [1.29, 1.82) is 0 Å². The van der Waals surface area contributed by atoms with Crippen LogP contribution in [-0.4, -0.2) is 49.4 Å². The smallest absolute Gasteiger partial charge is 0.239 e. The number of hydrogen-bond acceptors (Lipinski definition) is 4. The first-order valence-electron chi connectivity index (χ1n) is 5.67. The van der Waals surface area contributed by atoms with Crippen molar-refractivity contribution in [3.8, 4) is 0 Å². The Bertz CT molecular complexity index is 353. The zero-order chi connectivity index (χ0) is 12.3. The average molecular weight is 248 g/mol. The van der Waals surface area contributed by atoms with Gasteiger partial charge in [0.25, 0.3) is 0 Å². The number of likely N-dealkylation sites (N-methyl/N-ethyl adjacent to an activating group) is 1. The number of sulfone groups is 1. The molecule has 0 aromatic heterocycles. The van der Waals surface area contributed by atoms with Crippen molar-refractivity contribution in [2.75, 3.05) is 18.1 Å². The maximum atomic E-state index is 11.9. The van der Waals surface area contributed by atoms with Crippen molar-refractivity contribution >= 4 is 15.7 Å². The molecule has 1 saturated heterocycles. The average Bonchev–Trinajstić information content (AvgIpc) is 2.58. The van der Waals surface area contributed by atoms with Crippen LogP contribution in [0, 0.1) is 0 Å². The zero-order valence-electron chi connectivity index (χ0n) is 9.85. The van der Waals surface area contributed by atoms with Gasteiger partial charge >= 0.3 is 0 Å². The first-order valence-corrected chi connectivity index (χ1v) is 7.50. The second-order valence-corrected chi connectivity index (χ2v) is 6.42. The number of amides is 1. The molecule has 1 unspecified atom stereocenters. The minimum absolute atomic E-state index is 0.0863. The SMILES string of the molecule is CC[C@@H](N)C(=O)N(CC)C1CCS(=O)(=O)C1. The standard InChI is InChI=1S/C10H20N2O3S/c1-3-9(11)10(13)12(4-2)8-5-6-16(14,15)7-8/h8-9H,3-7,11H2,1-2H3/t8?,9-/m1/s1. The molecular weight excluding hydrogens is 228 g/mol. The number of rotatable bonds is 4. The van der Waals surface area contributed by atoms with Crippen LogP contribution in [0.15, 0.2) is 0 Å². The molecular formula is C10H20N2O3S. The van der Waals surface area contributed by atoms with Crippen LogP contribution >= 0.6 is 0 Å². The summed E-state index contributed by atoms with van der Waals surface area (Å²) < 4.78 is 22.7. The van der Waals surface area contributed by atoms with Gasteiger partial charge in [0.2, 0.25) is 5.91 Å². The Morgan fingerprint density at radius 2 is 2.12 bits per heavy atom. The molecule has 2 atom stereocenters. The van der Waals surface area contributed by atoms with Crippen molar-refractivity contribution in [2.45, 2.75) is 38.8 Å². The first kappa shape index (κ1) is 13.4. The highest BCUT2D eigenvalue weighted by Gasteiger charge is 2.34. The lowest BCUT2D eigenvalue weighted by Crippen LogP contribution is -2.48. The summed E-state index contributed by atoms with van der Waals surface area (Å²) in [7, 11) is -2.95. The fourth-order valence-electron chi connectivity index (χ4n) is 2.00. The number of carbonyl (C=O) groups excluding carboxylic acids is 1. The molecule has 1 fully saturated rings. The van der Waals surface area contributed by atoms with Crippen LogP contribution in [0.1, 0.15) is 26.7 Å². The van der Waals surface area contributed by atoms with E-state index in [-0.39, 0.29) is 23.5 Å². The summed E-state index contributed by atoms with van der Waals surface area (Å²) in [5.41, 5.74) is 5.69. The molecule has 0 saturated carbocycles. The summed E-state index contributed by atoms with van der Waals surface area (Å²) in [6, 6.07) is -0.691. The van der Waals surface area contributed by atoms with Crippen LogP contribution in [-0.2, 0) is 14.6 Å². The molecule has 6 heteroatoms. The Hall–Kier alpha value is -0.620. The van der Waals surface area contributed by atoms with Crippen LogP contribution in [0.5, 0.6) is 0 Å². The van der Waals surface area contributed by atoms with Crippen LogP contribution in [0.3, 0.4) is 0 Å². The van der Waals surface area contributed by atoms with Crippen LogP contribution in [0.4, 0.5) is 0 Å². The van der Waals surface area contributed by atoms with E-state index in [1.807, 2.05) is 13.8 Å². The van der Waals surface area contributed by atoms with E-state index >= 15 is 0 Å². The molecule has 1 amide bonds. The topological polar surface area (TPSA) is 80.5 Å². The minimum atomic E-state index is -2.95.